The van der Waals surface area contributed by atoms with Crippen LogP contribution in [-0.2, 0) is 16.2 Å². The molecular weight excluding hydrogens is 548 g/mol. The van der Waals surface area contributed by atoms with Gasteiger partial charge in [0.2, 0.25) is 0 Å². The highest BCUT2D eigenvalue weighted by Crippen LogP contribution is 2.29. The molecule has 1 fully saturated rings. The summed E-state index contributed by atoms with van der Waals surface area (Å²) in [6.07, 6.45) is 2.26. The molecule has 1 heterocycles. The zero-order chi connectivity index (χ0) is 25.7. The number of barbiturate groups is 1. The second-order valence-electron chi connectivity index (χ2n) is 7.90. The van der Waals surface area contributed by atoms with E-state index < -0.39 is 17.8 Å². The average molecular weight is 570 g/mol. The van der Waals surface area contributed by atoms with E-state index in [1.165, 1.54) is 6.08 Å². The Balaban J connectivity index is 1.62. The van der Waals surface area contributed by atoms with Crippen molar-refractivity contribution in [2.24, 2.45) is 0 Å². The van der Waals surface area contributed by atoms with Crippen molar-refractivity contribution in [3.05, 3.63) is 92.9 Å². The average Bonchev–Trinajstić information content (AvgIpc) is 2.85. The predicted molar refractivity (Wildman–Crippen MR) is 141 cm³/mol. The van der Waals surface area contributed by atoms with Crippen LogP contribution in [0.5, 0.6) is 11.5 Å². The number of rotatable bonds is 8. The summed E-state index contributed by atoms with van der Waals surface area (Å²) in [4.78, 5) is 39.4. The third-order valence-corrected chi connectivity index (χ3v) is 5.95. The lowest BCUT2D eigenvalue weighted by molar-refractivity contribution is -0.122. The molecule has 0 saturated carbocycles. The molecule has 0 bridgehead atoms. The fourth-order valence-electron chi connectivity index (χ4n) is 3.51. The van der Waals surface area contributed by atoms with Crippen LogP contribution in [0.1, 0.15) is 24.5 Å². The van der Waals surface area contributed by atoms with Gasteiger partial charge in [-0.1, -0.05) is 46.6 Å². The minimum Gasteiger partial charge on any atom is -0.494 e. The molecule has 0 atom stereocenters. The number of ether oxygens (including phenoxy) is 2. The summed E-state index contributed by atoms with van der Waals surface area (Å²) in [6.45, 7) is 2.78. The number of amides is 4. The molecule has 0 unspecified atom stereocenters. The molecular formula is C27H22BrClN2O5. The zero-order valence-corrected chi connectivity index (χ0v) is 21.6. The molecule has 1 N–H and O–H groups in total. The molecule has 0 spiro atoms. The summed E-state index contributed by atoms with van der Waals surface area (Å²) in [5, 5.41) is 2.83. The van der Waals surface area contributed by atoms with E-state index >= 15 is 0 Å². The van der Waals surface area contributed by atoms with Gasteiger partial charge in [-0.15, -0.1) is 0 Å². The fourth-order valence-corrected chi connectivity index (χ4v) is 4.10. The monoisotopic (exact) mass is 568 g/mol. The molecule has 0 aromatic heterocycles. The summed E-state index contributed by atoms with van der Waals surface area (Å²) in [7, 11) is 0. The summed E-state index contributed by atoms with van der Waals surface area (Å²) in [6, 6.07) is 18.2. The van der Waals surface area contributed by atoms with E-state index in [0.29, 0.717) is 34.4 Å². The van der Waals surface area contributed by atoms with Gasteiger partial charge in [-0.05, 0) is 72.7 Å². The van der Waals surface area contributed by atoms with Crippen molar-refractivity contribution in [1.82, 2.24) is 5.32 Å². The maximum Gasteiger partial charge on any atom is 0.335 e. The van der Waals surface area contributed by atoms with Crippen LogP contribution in [0.25, 0.3) is 6.08 Å². The van der Waals surface area contributed by atoms with Crippen LogP contribution in [0.4, 0.5) is 10.5 Å². The van der Waals surface area contributed by atoms with E-state index in [4.69, 9.17) is 21.1 Å². The van der Waals surface area contributed by atoms with Crippen molar-refractivity contribution in [2.45, 2.75) is 20.0 Å². The summed E-state index contributed by atoms with van der Waals surface area (Å²) in [5.41, 5.74) is 1.46. The Hall–Kier alpha value is -3.62. The molecule has 36 heavy (non-hydrogen) atoms. The van der Waals surface area contributed by atoms with Crippen LogP contribution in [0.15, 0.2) is 76.8 Å². The Kier molecular flexibility index (Phi) is 8.07. The lowest BCUT2D eigenvalue weighted by Gasteiger charge is -2.26. The molecule has 4 rings (SSSR count). The SMILES string of the molecule is CCCOc1ccc(N2C(=O)NC(=O)/C(=C/c3cc(Br)ccc3OCc3cccc(Cl)c3)C2=O)cc1. The number of benzene rings is 3. The molecule has 184 valence electrons. The quantitative estimate of drug-likeness (QED) is 0.260. The highest BCUT2D eigenvalue weighted by molar-refractivity contribution is 9.10. The molecule has 1 saturated heterocycles. The third kappa shape index (κ3) is 5.95. The van der Waals surface area contributed by atoms with Crippen molar-refractivity contribution in [3.8, 4) is 11.5 Å². The predicted octanol–water partition coefficient (Wildman–Crippen LogP) is 6.14. The number of nitrogens with zero attached hydrogens (tertiary/aromatic N) is 1. The Morgan fingerprint density at radius 1 is 1.00 bits per heavy atom. The smallest absolute Gasteiger partial charge is 0.335 e. The summed E-state index contributed by atoms with van der Waals surface area (Å²) < 4.78 is 12.2. The van der Waals surface area contributed by atoms with Gasteiger partial charge in [0.1, 0.15) is 23.7 Å². The van der Waals surface area contributed by atoms with E-state index in [1.54, 1.807) is 54.6 Å². The van der Waals surface area contributed by atoms with E-state index in [-0.39, 0.29) is 12.2 Å². The molecule has 4 amide bonds. The third-order valence-electron chi connectivity index (χ3n) is 5.22. The molecule has 1 aliphatic heterocycles. The first-order chi connectivity index (χ1) is 17.4. The number of nitrogens with one attached hydrogen (secondary N) is 1. The zero-order valence-electron chi connectivity index (χ0n) is 19.3. The number of hydrogen-bond acceptors (Lipinski definition) is 5. The highest BCUT2D eigenvalue weighted by atomic mass is 79.9. The second-order valence-corrected chi connectivity index (χ2v) is 9.25. The van der Waals surface area contributed by atoms with Crippen molar-refractivity contribution >= 4 is 57.1 Å². The number of hydrogen-bond donors (Lipinski definition) is 1. The van der Waals surface area contributed by atoms with Gasteiger partial charge in [0.15, 0.2) is 0 Å². The van der Waals surface area contributed by atoms with Crippen LogP contribution >= 0.6 is 27.5 Å². The van der Waals surface area contributed by atoms with E-state index in [0.717, 1.165) is 21.4 Å². The van der Waals surface area contributed by atoms with Crippen molar-refractivity contribution in [1.29, 1.82) is 0 Å². The van der Waals surface area contributed by atoms with E-state index in [2.05, 4.69) is 21.2 Å². The van der Waals surface area contributed by atoms with Crippen LogP contribution in [0.2, 0.25) is 5.02 Å². The minimum atomic E-state index is -0.823. The minimum absolute atomic E-state index is 0.202. The maximum atomic E-state index is 13.3. The van der Waals surface area contributed by atoms with Gasteiger partial charge in [0.25, 0.3) is 11.8 Å². The molecule has 7 nitrogen and oxygen atoms in total. The van der Waals surface area contributed by atoms with E-state index in [9.17, 15) is 14.4 Å². The van der Waals surface area contributed by atoms with Crippen LogP contribution in [0.3, 0.4) is 0 Å². The standard InChI is InChI=1S/C27H22BrClN2O5/c1-2-12-35-22-9-7-21(8-10-22)31-26(33)23(25(32)30-27(31)34)15-18-14-19(28)6-11-24(18)36-16-17-4-3-5-20(29)13-17/h3-11,13-15H,2,12,16H2,1H3,(H,30,32,34)/b23-15-. The topological polar surface area (TPSA) is 84.9 Å². The molecule has 0 radical (unpaired) electrons. The maximum absolute atomic E-state index is 13.3. The van der Waals surface area contributed by atoms with Crippen LogP contribution < -0.4 is 19.7 Å². The van der Waals surface area contributed by atoms with E-state index in [1.807, 2.05) is 19.1 Å². The van der Waals surface area contributed by atoms with Gasteiger partial charge in [-0.25, -0.2) is 9.69 Å². The molecule has 1 aliphatic rings. The lowest BCUT2D eigenvalue weighted by atomic mass is 10.1. The van der Waals surface area contributed by atoms with Gasteiger partial charge < -0.3 is 9.47 Å². The van der Waals surface area contributed by atoms with Crippen molar-refractivity contribution < 1.29 is 23.9 Å². The van der Waals surface area contributed by atoms with Gasteiger partial charge in [-0.2, -0.15) is 0 Å². The van der Waals surface area contributed by atoms with Crippen LogP contribution in [-0.4, -0.2) is 24.5 Å². The van der Waals surface area contributed by atoms with Gasteiger partial charge >= 0.3 is 6.03 Å². The molecule has 3 aromatic carbocycles. The van der Waals surface area contributed by atoms with Gasteiger partial charge in [-0.3, -0.25) is 14.9 Å². The van der Waals surface area contributed by atoms with Gasteiger partial charge in [0.05, 0.1) is 12.3 Å². The van der Waals surface area contributed by atoms with Crippen molar-refractivity contribution in [2.75, 3.05) is 11.5 Å². The highest BCUT2D eigenvalue weighted by Gasteiger charge is 2.37. The first-order valence-electron chi connectivity index (χ1n) is 11.2. The summed E-state index contributed by atoms with van der Waals surface area (Å²) >= 11 is 9.47. The van der Waals surface area contributed by atoms with Crippen LogP contribution in [0, 0.1) is 0 Å². The lowest BCUT2D eigenvalue weighted by Crippen LogP contribution is -2.54. The number of carbonyl (C=O) groups excluding carboxylic acids is 3. The fraction of sp³-hybridized carbons (Fsp3) is 0.148. The number of carbonyl (C=O) groups is 3. The van der Waals surface area contributed by atoms with Gasteiger partial charge in [0, 0.05) is 15.1 Å². The Morgan fingerprint density at radius 3 is 2.50 bits per heavy atom. The Morgan fingerprint density at radius 2 is 1.78 bits per heavy atom. The second kappa shape index (κ2) is 11.4. The largest absolute Gasteiger partial charge is 0.494 e. The molecule has 0 aliphatic carbocycles. The first-order valence-corrected chi connectivity index (χ1v) is 12.3. The Bertz CT molecular complexity index is 1340. The number of halogens is 2. The molecule has 3 aromatic rings. The normalized spacial score (nSPS) is 14.7. The number of urea groups is 1. The number of anilines is 1. The number of imide groups is 2. The van der Waals surface area contributed by atoms with Crippen molar-refractivity contribution in [3.63, 3.8) is 0 Å². The first kappa shape index (κ1) is 25.5. The molecule has 9 heteroatoms. The Labute approximate surface area is 221 Å². The summed E-state index contributed by atoms with van der Waals surface area (Å²) in [5.74, 6) is -0.461.